The predicted octanol–water partition coefficient (Wildman–Crippen LogP) is -0.965. The first kappa shape index (κ1) is 12.1. The van der Waals surface area contributed by atoms with Crippen molar-refractivity contribution in [3.8, 4) is 0 Å². The molecular formula is C5H14ClN3O2S. The molecule has 0 amide bonds. The predicted molar refractivity (Wildman–Crippen MR) is 49.1 cm³/mol. The highest BCUT2D eigenvalue weighted by molar-refractivity contribution is 7.86. The highest BCUT2D eigenvalue weighted by Gasteiger charge is 2.23. The molecule has 1 unspecified atom stereocenters. The first-order chi connectivity index (χ1) is 5.00. The maximum atomic E-state index is 10.8. The lowest BCUT2D eigenvalue weighted by Crippen LogP contribution is -2.48. The lowest BCUT2D eigenvalue weighted by molar-refractivity contribution is 0.316. The van der Waals surface area contributed by atoms with Crippen molar-refractivity contribution in [3.05, 3.63) is 0 Å². The van der Waals surface area contributed by atoms with E-state index in [2.05, 4.69) is 0 Å². The molecule has 0 spiro atoms. The summed E-state index contributed by atoms with van der Waals surface area (Å²) in [6.07, 6.45) is 1.68. The van der Waals surface area contributed by atoms with E-state index >= 15 is 0 Å². The molecule has 1 aliphatic rings. The van der Waals surface area contributed by atoms with Crippen LogP contribution in [0.15, 0.2) is 0 Å². The molecule has 0 saturated carbocycles. The molecule has 0 aromatic rings. The SMILES string of the molecule is Cl.NC1CCCN(S(N)(=O)=O)C1. The van der Waals surface area contributed by atoms with E-state index in [4.69, 9.17) is 10.9 Å². The Balaban J connectivity index is 0.00000121. The largest absolute Gasteiger partial charge is 0.327 e. The van der Waals surface area contributed by atoms with Crippen LogP contribution < -0.4 is 10.9 Å². The zero-order chi connectivity index (χ0) is 8.48. The summed E-state index contributed by atoms with van der Waals surface area (Å²) in [7, 11) is -3.51. The zero-order valence-electron chi connectivity index (χ0n) is 6.64. The van der Waals surface area contributed by atoms with Crippen molar-refractivity contribution in [2.75, 3.05) is 13.1 Å². The Bertz CT molecular complexity index is 231. The van der Waals surface area contributed by atoms with Crippen LogP contribution in [-0.4, -0.2) is 31.9 Å². The fourth-order valence-corrected chi connectivity index (χ4v) is 1.99. The molecule has 4 N–H and O–H groups in total. The van der Waals surface area contributed by atoms with Gasteiger partial charge in [0.25, 0.3) is 10.2 Å². The molecule has 0 aromatic heterocycles. The smallest absolute Gasteiger partial charge is 0.276 e. The minimum atomic E-state index is -3.51. The minimum Gasteiger partial charge on any atom is -0.327 e. The van der Waals surface area contributed by atoms with Crippen LogP contribution in [0.25, 0.3) is 0 Å². The van der Waals surface area contributed by atoms with Gasteiger partial charge in [-0.3, -0.25) is 0 Å². The Morgan fingerprint density at radius 1 is 1.42 bits per heavy atom. The van der Waals surface area contributed by atoms with Crippen molar-refractivity contribution in [1.82, 2.24) is 4.31 Å². The van der Waals surface area contributed by atoms with Gasteiger partial charge in [-0.2, -0.15) is 12.7 Å². The monoisotopic (exact) mass is 215 g/mol. The van der Waals surface area contributed by atoms with Crippen LogP contribution in [-0.2, 0) is 10.2 Å². The second-order valence-corrected chi connectivity index (χ2v) is 4.35. The first-order valence-electron chi connectivity index (χ1n) is 3.53. The van der Waals surface area contributed by atoms with Gasteiger partial charge in [-0.25, -0.2) is 5.14 Å². The summed E-state index contributed by atoms with van der Waals surface area (Å²) >= 11 is 0. The Hall–Kier alpha value is 0.120. The van der Waals surface area contributed by atoms with E-state index in [0.29, 0.717) is 13.1 Å². The highest BCUT2D eigenvalue weighted by Crippen LogP contribution is 2.09. The van der Waals surface area contributed by atoms with Gasteiger partial charge in [-0.05, 0) is 12.8 Å². The van der Waals surface area contributed by atoms with Crippen LogP contribution in [0.3, 0.4) is 0 Å². The van der Waals surface area contributed by atoms with Gasteiger partial charge < -0.3 is 5.73 Å². The third-order valence-electron chi connectivity index (χ3n) is 1.78. The van der Waals surface area contributed by atoms with E-state index in [1.165, 1.54) is 4.31 Å². The maximum absolute atomic E-state index is 10.8. The van der Waals surface area contributed by atoms with Gasteiger partial charge in [0.2, 0.25) is 0 Å². The summed E-state index contributed by atoms with van der Waals surface area (Å²) in [6, 6.07) is -0.0536. The number of nitrogens with zero attached hydrogens (tertiary/aromatic N) is 1. The number of hydrogen-bond acceptors (Lipinski definition) is 3. The summed E-state index contributed by atoms with van der Waals surface area (Å²) in [5.74, 6) is 0. The van der Waals surface area contributed by atoms with E-state index in [9.17, 15) is 8.42 Å². The number of piperidine rings is 1. The third kappa shape index (κ3) is 3.24. The van der Waals surface area contributed by atoms with Crippen LogP contribution >= 0.6 is 12.4 Å². The average molecular weight is 216 g/mol. The summed E-state index contributed by atoms with van der Waals surface area (Å²) < 4.78 is 22.8. The van der Waals surface area contributed by atoms with Crippen LogP contribution in [0, 0.1) is 0 Å². The van der Waals surface area contributed by atoms with Gasteiger partial charge in [0.1, 0.15) is 0 Å². The lowest BCUT2D eigenvalue weighted by atomic mass is 10.1. The van der Waals surface area contributed by atoms with Gasteiger partial charge in [0.05, 0.1) is 0 Å². The summed E-state index contributed by atoms with van der Waals surface area (Å²) in [5.41, 5.74) is 5.56. The molecule has 0 radical (unpaired) electrons. The van der Waals surface area contributed by atoms with Gasteiger partial charge in [-0.15, -0.1) is 12.4 Å². The molecule has 7 heteroatoms. The summed E-state index contributed by atoms with van der Waals surface area (Å²) in [4.78, 5) is 0. The molecule has 0 bridgehead atoms. The van der Waals surface area contributed by atoms with Gasteiger partial charge >= 0.3 is 0 Å². The normalized spacial score (nSPS) is 26.3. The number of nitrogens with two attached hydrogens (primary N) is 2. The van der Waals surface area contributed by atoms with Gasteiger partial charge in [0, 0.05) is 19.1 Å². The summed E-state index contributed by atoms with van der Waals surface area (Å²) in [6.45, 7) is 0.866. The molecule has 0 aliphatic carbocycles. The van der Waals surface area contributed by atoms with Crippen molar-refractivity contribution in [2.45, 2.75) is 18.9 Å². The van der Waals surface area contributed by atoms with E-state index in [1.54, 1.807) is 0 Å². The molecule has 1 aliphatic heterocycles. The molecule has 1 saturated heterocycles. The van der Waals surface area contributed by atoms with E-state index in [-0.39, 0.29) is 18.4 Å². The average Bonchev–Trinajstić information content (AvgIpc) is 1.86. The second-order valence-electron chi connectivity index (χ2n) is 2.81. The highest BCUT2D eigenvalue weighted by atomic mass is 35.5. The third-order valence-corrected chi connectivity index (χ3v) is 2.83. The number of hydrogen-bond donors (Lipinski definition) is 2. The quantitative estimate of drug-likeness (QED) is 0.590. The molecule has 1 heterocycles. The Kier molecular flexibility index (Phi) is 4.43. The Labute approximate surface area is 78.7 Å². The van der Waals surface area contributed by atoms with Crippen LogP contribution in [0.1, 0.15) is 12.8 Å². The van der Waals surface area contributed by atoms with Crippen molar-refractivity contribution in [2.24, 2.45) is 10.9 Å². The fraction of sp³-hybridized carbons (Fsp3) is 1.00. The van der Waals surface area contributed by atoms with Crippen molar-refractivity contribution in [1.29, 1.82) is 0 Å². The molecule has 74 valence electrons. The zero-order valence-corrected chi connectivity index (χ0v) is 8.27. The number of rotatable bonds is 1. The molecule has 12 heavy (non-hydrogen) atoms. The minimum absolute atomic E-state index is 0. The van der Waals surface area contributed by atoms with Gasteiger partial charge in [-0.1, -0.05) is 0 Å². The Morgan fingerprint density at radius 2 is 2.00 bits per heavy atom. The topological polar surface area (TPSA) is 89.4 Å². The van der Waals surface area contributed by atoms with Crippen molar-refractivity contribution in [3.63, 3.8) is 0 Å². The van der Waals surface area contributed by atoms with E-state index in [1.807, 2.05) is 0 Å². The molecule has 0 aromatic carbocycles. The van der Waals surface area contributed by atoms with E-state index in [0.717, 1.165) is 12.8 Å². The lowest BCUT2D eigenvalue weighted by Gasteiger charge is -2.27. The standard InChI is InChI=1S/C5H13N3O2S.ClH/c6-5-2-1-3-8(4-5)11(7,9)10;/h5H,1-4,6H2,(H2,7,9,10);1H. The molecule has 1 atom stereocenters. The summed E-state index contributed by atoms with van der Waals surface area (Å²) in [5, 5.41) is 4.92. The van der Waals surface area contributed by atoms with Crippen LogP contribution in [0.2, 0.25) is 0 Å². The van der Waals surface area contributed by atoms with E-state index < -0.39 is 10.2 Å². The van der Waals surface area contributed by atoms with Crippen molar-refractivity contribution < 1.29 is 8.42 Å². The molecule has 1 fully saturated rings. The van der Waals surface area contributed by atoms with Crippen molar-refractivity contribution >= 4 is 22.6 Å². The molecule has 5 nitrogen and oxygen atoms in total. The second kappa shape index (κ2) is 4.38. The first-order valence-corrected chi connectivity index (χ1v) is 5.04. The van der Waals surface area contributed by atoms with Crippen LogP contribution in [0.4, 0.5) is 0 Å². The Morgan fingerprint density at radius 3 is 2.33 bits per heavy atom. The van der Waals surface area contributed by atoms with Gasteiger partial charge in [0.15, 0.2) is 0 Å². The number of halogens is 1. The fourth-order valence-electron chi connectivity index (χ4n) is 1.21. The van der Waals surface area contributed by atoms with Crippen LogP contribution in [0.5, 0.6) is 0 Å². The molecule has 1 rings (SSSR count). The molecular weight excluding hydrogens is 202 g/mol. The maximum Gasteiger partial charge on any atom is 0.276 e.